The van der Waals surface area contributed by atoms with Crippen molar-refractivity contribution in [3.05, 3.63) is 63.9 Å². The van der Waals surface area contributed by atoms with Crippen LogP contribution in [0, 0.1) is 17.5 Å². The summed E-state index contributed by atoms with van der Waals surface area (Å²) < 4.78 is 45.5. The molecule has 20 heavy (non-hydrogen) atoms. The first-order chi connectivity index (χ1) is 9.52. The minimum Gasteiger partial charge on any atom is -0.483 e. The lowest BCUT2D eigenvalue weighted by atomic mass is 10.2. The fourth-order valence-corrected chi connectivity index (χ4v) is 1.82. The van der Waals surface area contributed by atoms with Crippen LogP contribution in [0.5, 0.6) is 5.75 Å². The van der Waals surface area contributed by atoms with Crippen LogP contribution in [0.4, 0.5) is 13.2 Å². The average Bonchev–Trinajstić information content (AvgIpc) is 2.40. The number of benzene rings is 2. The summed E-state index contributed by atoms with van der Waals surface area (Å²) >= 11 is 5.77. The van der Waals surface area contributed by atoms with Gasteiger partial charge in [0.15, 0.2) is 17.4 Å². The van der Waals surface area contributed by atoms with Gasteiger partial charge in [-0.3, -0.25) is 4.79 Å². The highest BCUT2D eigenvalue weighted by Crippen LogP contribution is 2.26. The fourth-order valence-electron chi connectivity index (χ4n) is 1.60. The van der Waals surface area contributed by atoms with Gasteiger partial charge in [-0.1, -0.05) is 17.7 Å². The number of aldehydes is 1. The maximum Gasteiger partial charge on any atom is 0.191 e. The first kappa shape index (κ1) is 14.4. The van der Waals surface area contributed by atoms with Crippen LogP contribution in [0.2, 0.25) is 5.02 Å². The molecule has 2 aromatic rings. The predicted molar refractivity (Wildman–Crippen MR) is 67.5 cm³/mol. The van der Waals surface area contributed by atoms with E-state index in [4.69, 9.17) is 16.3 Å². The van der Waals surface area contributed by atoms with E-state index in [1.54, 1.807) is 0 Å². The molecule has 0 amide bonds. The van der Waals surface area contributed by atoms with Crippen LogP contribution in [0.3, 0.4) is 0 Å². The standard InChI is InChI=1S/C14H8ClF3O2/c15-10-2-1-3-11(16)9(10)7-20-14-12(17)4-8(6-19)5-13(14)18/h1-6H,7H2. The van der Waals surface area contributed by atoms with Gasteiger partial charge in [0, 0.05) is 11.1 Å². The Morgan fingerprint density at radius 3 is 2.30 bits per heavy atom. The van der Waals surface area contributed by atoms with E-state index in [-0.39, 0.29) is 16.1 Å². The number of hydrogen-bond acceptors (Lipinski definition) is 2. The van der Waals surface area contributed by atoms with Gasteiger partial charge >= 0.3 is 0 Å². The van der Waals surface area contributed by atoms with E-state index in [2.05, 4.69) is 0 Å². The van der Waals surface area contributed by atoms with Crippen LogP contribution in [-0.2, 0) is 6.61 Å². The highest BCUT2D eigenvalue weighted by molar-refractivity contribution is 6.31. The van der Waals surface area contributed by atoms with Gasteiger partial charge in [-0.05, 0) is 24.3 Å². The minimum atomic E-state index is -1.04. The van der Waals surface area contributed by atoms with Crippen molar-refractivity contribution in [1.29, 1.82) is 0 Å². The molecule has 0 bridgehead atoms. The van der Waals surface area contributed by atoms with Gasteiger partial charge in [0.25, 0.3) is 0 Å². The minimum absolute atomic E-state index is 0.00701. The molecule has 0 heterocycles. The van der Waals surface area contributed by atoms with Gasteiger partial charge in [0.1, 0.15) is 18.7 Å². The number of rotatable bonds is 4. The van der Waals surface area contributed by atoms with E-state index < -0.39 is 29.8 Å². The van der Waals surface area contributed by atoms with Crippen molar-refractivity contribution in [1.82, 2.24) is 0 Å². The molecule has 0 aliphatic heterocycles. The summed E-state index contributed by atoms with van der Waals surface area (Å²) in [5.41, 5.74) is -0.163. The molecule has 0 aromatic heterocycles. The molecule has 0 saturated carbocycles. The number of ether oxygens (including phenoxy) is 1. The van der Waals surface area contributed by atoms with Crippen molar-refractivity contribution in [2.45, 2.75) is 6.61 Å². The summed E-state index contributed by atoms with van der Waals surface area (Å²) in [6.07, 6.45) is 0.309. The first-order valence-corrected chi connectivity index (χ1v) is 5.90. The summed E-state index contributed by atoms with van der Waals surface area (Å²) in [6, 6.07) is 5.66. The quantitative estimate of drug-likeness (QED) is 0.793. The molecule has 104 valence electrons. The number of halogens is 4. The van der Waals surface area contributed by atoms with E-state index in [9.17, 15) is 18.0 Å². The predicted octanol–water partition coefficient (Wildman–Crippen LogP) is 4.15. The molecule has 0 fully saturated rings. The fraction of sp³-hybridized carbons (Fsp3) is 0.0714. The van der Waals surface area contributed by atoms with Crippen LogP contribution >= 0.6 is 11.6 Å². The van der Waals surface area contributed by atoms with Gasteiger partial charge in [-0.2, -0.15) is 0 Å². The van der Waals surface area contributed by atoms with E-state index in [0.29, 0.717) is 6.29 Å². The second-order valence-electron chi connectivity index (χ2n) is 3.92. The van der Waals surface area contributed by atoms with Crippen molar-refractivity contribution in [3.8, 4) is 5.75 Å². The van der Waals surface area contributed by atoms with Gasteiger partial charge in [0.05, 0.1) is 5.02 Å². The van der Waals surface area contributed by atoms with Crippen LogP contribution in [-0.4, -0.2) is 6.29 Å². The van der Waals surface area contributed by atoms with Crippen LogP contribution < -0.4 is 4.74 Å². The summed E-state index contributed by atoms with van der Waals surface area (Å²) in [7, 11) is 0. The lowest BCUT2D eigenvalue weighted by Gasteiger charge is -2.10. The van der Waals surface area contributed by atoms with Crippen molar-refractivity contribution >= 4 is 17.9 Å². The molecule has 0 aliphatic carbocycles. The molecule has 0 atom stereocenters. The monoisotopic (exact) mass is 300 g/mol. The molecule has 0 N–H and O–H groups in total. The molecule has 0 spiro atoms. The van der Waals surface area contributed by atoms with E-state index >= 15 is 0 Å². The van der Waals surface area contributed by atoms with Gasteiger partial charge in [-0.25, -0.2) is 13.2 Å². The Bertz CT molecular complexity index is 616. The first-order valence-electron chi connectivity index (χ1n) is 5.53. The van der Waals surface area contributed by atoms with Crippen molar-refractivity contribution in [2.75, 3.05) is 0 Å². The molecule has 2 aromatic carbocycles. The Morgan fingerprint density at radius 2 is 1.75 bits per heavy atom. The highest BCUT2D eigenvalue weighted by Gasteiger charge is 2.15. The third kappa shape index (κ3) is 2.93. The third-order valence-corrected chi connectivity index (χ3v) is 2.93. The molecular formula is C14H8ClF3O2. The third-order valence-electron chi connectivity index (χ3n) is 2.58. The Labute approximate surface area is 117 Å². The van der Waals surface area contributed by atoms with Gasteiger partial charge in [0.2, 0.25) is 0 Å². The maximum atomic E-state index is 13.6. The smallest absolute Gasteiger partial charge is 0.191 e. The zero-order chi connectivity index (χ0) is 14.7. The molecule has 2 nitrogen and oxygen atoms in total. The number of carbonyl (C=O) groups is 1. The van der Waals surface area contributed by atoms with Crippen LogP contribution in [0.15, 0.2) is 30.3 Å². The summed E-state index contributed by atoms with van der Waals surface area (Å²) in [6.45, 7) is -0.431. The molecule has 6 heteroatoms. The normalized spacial score (nSPS) is 10.4. The number of hydrogen-bond donors (Lipinski definition) is 0. The summed E-state index contributed by atoms with van der Waals surface area (Å²) in [4.78, 5) is 10.4. The molecule has 0 aliphatic rings. The topological polar surface area (TPSA) is 26.3 Å². The Morgan fingerprint density at radius 1 is 1.10 bits per heavy atom. The molecule has 0 saturated heterocycles. The molecular weight excluding hydrogens is 293 g/mol. The van der Waals surface area contributed by atoms with Crippen molar-refractivity contribution < 1.29 is 22.7 Å². The lowest BCUT2D eigenvalue weighted by molar-refractivity contribution is 0.112. The second kappa shape index (κ2) is 5.96. The Balaban J connectivity index is 2.26. The van der Waals surface area contributed by atoms with Crippen molar-refractivity contribution in [2.24, 2.45) is 0 Å². The Kier molecular flexibility index (Phi) is 4.29. The largest absolute Gasteiger partial charge is 0.483 e. The van der Waals surface area contributed by atoms with E-state index in [0.717, 1.165) is 18.2 Å². The highest BCUT2D eigenvalue weighted by atomic mass is 35.5. The molecule has 2 rings (SSSR count). The van der Waals surface area contributed by atoms with E-state index in [1.165, 1.54) is 12.1 Å². The van der Waals surface area contributed by atoms with E-state index in [1.807, 2.05) is 0 Å². The SMILES string of the molecule is O=Cc1cc(F)c(OCc2c(F)cccc2Cl)c(F)c1. The summed E-state index contributed by atoms with van der Waals surface area (Å²) in [5.74, 6) is -3.41. The average molecular weight is 301 g/mol. The lowest BCUT2D eigenvalue weighted by Crippen LogP contribution is -2.03. The van der Waals surface area contributed by atoms with Gasteiger partial charge < -0.3 is 4.74 Å². The maximum absolute atomic E-state index is 13.6. The number of carbonyl (C=O) groups excluding carboxylic acids is 1. The zero-order valence-corrected chi connectivity index (χ0v) is 10.8. The Hall–Kier alpha value is -2.01. The zero-order valence-electron chi connectivity index (χ0n) is 10.00. The van der Waals surface area contributed by atoms with Gasteiger partial charge in [-0.15, -0.1) is 0 Å². The van der Waals surface area contributed by atoms with Crippen molar-refractivity contribution in [3.63, 3.8) is 0 Å². The molecule has 0 radical (unpaired) electrons. The molecule has 0 unspecified atom stereocenters. The summed E-state index contributed by atoms with van der Waals surface area (Å²) in [5, 5.41) is 0.0929. The van der Waals surface area contributed by atoms with Crippen LogP contribution in [0.25, 0.3) is 0 Å². The second-order valence-corrected chi connectivity index (χ2v) is 4.33. The van der Waals surface area contributed by atoms with Crippen LogP contribution in [0.1, 0.15) is 15.9 Å².